The molecule has 0 aliphatic carbocycles. The number of fused-ring (bicyclic) bond motifs is 1. The van der Waals surface area contributed by atoms with Gasteiger partial charge in [0, 0.05) is 46.4 Å². The number of pyridine rings is 1. The molecule has 0 amide bonds. The molecule has 3 aromatic rings. The van der Waals surface area contributed by atoms with Crippen LogP contribution >= 0.6 is 23.2 Å². The van der Waals surface area contributed by atoms with E-state index in [0.29, 0.717) is 16.1 Å². The van der Waals surface area contributed by atoms with Crippen molar-refractivity contribution in [2.45, 2.75) is 18.9 Å². The number of phenolic OH excluding ortho intramolecular Hbond substituents is 1. The largest absolute Gasteiger partial charge is 0.506 e. The van der Waals surface area contributed by atoms with Gasteiger partial charge in [-0.25, -0.2) is 0 Å². The van der Waals surface area contributed by atoms with Gasteiger partial charge in [0.25, 0.3) is 0 Å². The summed E-state index contributed by atoms with van der Waals surface area (Å²) >= 11 is 12.2. The van der Waals surface area contributed by atoms with E-state index in [1.807, 2.05) is 30.3 Å². The number of halogens is 2. The molecule has 1 aliphatic rings. The molecule has 4 nitrogen and oxygen atoms in total. The third-order valence-corrected chi connectivity index (χ3v) is 5.21. The van der Waals surface area contributed by atoms with Crippen molar-refractivity contribution < 1.29 is 5.11 Å². The molecular formula is C20H19Cl2N3O. The summed E-state index contributed by atoms with van der Waals surface area (Å²) in [5, 5.41) is 16.2. The maximum absolute atomic E-state index is 10.4. The first-order chi connectivity index (χ1) is 12.6. The van der Waals surface area contributed by atoms with Crippen LogP contribution in [0.4, 0.5) is 11.4 Å². The van der Waals surface area contributed by atoms with Crippen LogP contribution in [-0.4, -0.2) is 29.2 Å². The third kappa shape index (κ3) is 3.53. The van der Waals surface area contributed by atoms with Gasteiger partial charge in [-0.3, -0.25) is 4.98 Å². The number of rotatable bonds is 3. The maximum atomic E-state index is 10.4. The van der Waals surface area contributed by atoms with Crippen molar-refractivity contribution in [2.24, 2.45) is 0 Å². The fourth-order valence-electron chi connectivity index (χ4n) is 3.55. The van der Waals surface area contributed by atoms with E-state index in [1.54, 1.807) is 18.3 Å². The molecule has 1 fully saturated rings. The number of aromatic nitrogens is 1. The zero-order valence-electron chi connectivity index (χ0n) is 14.1. The number of piperidine rings is 1. The molecule has 4 rings (SSSR count). The Kier molecular flexibility index (Phi) is 4.79. The van der Waals surface area contributed by atoms with Crippen LogP contribution in [0.1, 0.15) is 12.8 Å². The lowest BCUT2D eigenvalue weighted by molar-refractivity contribution is 0.466. The molecule has 0 atom stereocenters. The molecule has 134 valence electrons. The van der Waals surface area contributed by atoms with E-state index in [4.69, 9.17) is 23.2 Å². The summed E-state index contributed by atoms with van der Waals surface area (Å²) in [6.07, 6.45) is 3.67. The number of hydrogen-bond acceptors (Lipinski definition) is 4. The first kappa shape index (κ1) is 17.3. The molecule has 2 N–H and O–H groups in total. The van der Waals surface area contributed by atoms with Crippen LogP contribution in [0.5, 0.6) is 5.75 Å². The van der Waals surface area contributed by atoms with Gasteiger partial charge in [-0.05, 0) is 49.2 Å². The predicted octanol–water partition coefficient (Wildman–Crippen LogP) is 5.33. The third-order valence-electron chi connectivity index (χ3n) is 4.77. The van der Waals surface area contributed by atoms with Crippen LogP contribution in [0.25, 0.3) is 10.9 Å². The van der Waals surface area contributed by atoms with Crippen molar-refractivity contribution in [3.63, 3.8) is 0 Å². The van der Waals surface area contributed by atoms with Gasteiger partial charge < -0.3 is 15.3 Å². The second-order valence-corrected chi connectivity index (χ2v) is 7.45. The number of phenols is 1. The van der Waals surface area contributed by atoms with E-state index in [1.165, 1.54) is 0 Å². The summed E-state index contributed by atoms with van der Waals surface area (Å²) in [5.41, 5.74) is 2.61. The van der Waals surface area contributed by atoms with E-state index < -0.39 is 0 Å². The van der Waals surface area contributed by atoms with Gasteiger partial charge in [0.1, 0.15) is 11.4 Å². The standard InChI is InChI=1S/C20H19Cl2N3O/c21-14-10-15(22)12-17(11-14)24-16-5-8-25(9-6-16)20-18(26)4-3-13-2-1-7-23-19(13)20/h1-4,7,10-12,16,24,26H,5-6,8-9H2. The van der Waals surface area contributed by atoms with Gasteiger partial charge in [0.15, 0.2) is 0 Å². The lowest BCUT2D eigenvalue weighted by Gasteiger charge is -2.35. The van der Waals surface area contributed by atoms with Crippen LogP contribution in [0.15, 0.2) is 48.7 Å². The lowest BCUT2D eigenvalue weighted by atomic mass is 10.0. The molecule has 26 heavy (non-hydrogen) atoms. The Bertz CT molecular complexity index is 919. The van der Waals surface area contributed by atoms with Crippen LogP contribution in [0.3, 0.4) is 0 Å². The highest BCUT2D eigenvalue weighted by Gasteiger charge is 2.23. The summed E-state index contributed by atoms with van der Waals surface area (Å²) in [7, 11) is 0. The molecule has 2 heterocycles. The average molecular weight is 388 g/mol. The van der Waals surface area contributed by atoms with Gasteiger partial charge >= 0.3 is 0 Å². The molecule has 0 unspecified atom stereocenters. The van der Waals surface area contributed by atoms with Gasteiger partial charge in [0.2, 0.25) is 0 Å². The van der Waals surface area contributed by atoms with E-state index in [2.05, 4.69) is 15.2 Å². The number of nitrogens with zero attached hydrogens (tertiary/aromatic N) is 2. The summed E-state index contributed by atoms with van der Waals surface area (Å²) in [5.74, 6) is 0.282. The number of benzene rings is 2. The van der Waals surface area contributed by atoms with Crippen LogP contribution in [0.2, 0.25) is 10.0 Å². The van der Waals surface area contributed by atoms with Crippen molar-refractivity contribution in [1.29, 1.82) is 0 Å². The first-order valence-corrected chi connectivity index (χ1v) is 9.40. The molecule has 2 aromatic carbocycles. The van der Waals surface area contributed by atoms with Crippen molar-refractivity contribution in [3.05, 3.63) is 58.7 Å². The summed E-state index contributed by atoms with van der Waals surface area (Å²) in [6, 6.07) is 13.4. The van der Waals surface area contributed by atoms with Crippen molar-refractivity contribution in [2.75, 3.05) is 23.3 Å². The monoisotopic (exact) mass is 387 g/mol. The predicted molar refractivity (Wildman–Crippen MR) is 109 cm³/mol. The minimum absolute atomic E-state index is 0.282. The molecule has 6 heteroatoms. The van der Waals surface area contributed by atoms with E-state index in [-0.39, 0.29) is 5.75 Å². The first-order valence-electron chi connectivity index (χ1n) is 8.64. The Morgan fingerprint density at radius 3 is 2.50 bits per heavy atom. The molecule has 1 aliphatic heterocycles. The zero-order chi connectivity index (χ0) is 18.1. The number of hydrogen-bond donors (Lipinski definition) is 2. The van der Waals surface area contributed by atoms with Crippen LogP contribution in [-0.2, 0) is 0 Å². The molecule has 0 radical (unpaired) electrons. The minimum atomic E-state index is 0.282. The highest BCUT2D eigenvalue weighted by atomic mass is 35.5. The summed E-state index contributed by atoms with van der Waals surface area (Å²) < 4.78 is 0. The molecular weight excluding hydrogens is 369 g/mol. The van der Waals surface area contributed by atoms with Crippen molar-refractivity contribution >= 4 is 45.5 Å². The van der Waals surface area contributed by atoms with Crippen molar-refractivity contribution in [3.8, 4) is 5.75 Å². The Hall–Kier alpha value is -2.17. The average Bonchev–Trinajstić information content (AvgIpc) is 2.62. The highest BCUT2D eigenvalue weighted by molar-refractivity contribution is 6.35. The topological polar surface area (TPSA) is 48.4 Å². The van der Waals surface area contributed by atoms with Gasteiger partial charge in [-0.15, -0.1) is 0 Å². The fourth-order valence-corrected chi connectivity index (χ4v) is 4.08. The van der Waals surface area contributed by atoms with E-state index in [9.17, 15) is 5.11 Å². The Morgan fingerprint density at radius 2 is 1.77 bits per heavy atom. The summed E-state index contributed by atoms with van der Waals surface area (Å²) in [6.45, 7) is 1.68. The second kappa shape index (κ2) is 7.22. The maximum Gasteiger partial charge on any atom is 0.141 e. The fraction of sp³-hybridized carbons (Fsp3) is 0.250. The SMILES string of the molecule is Oc1ccc2cccnc2c1N1CCC(Nc2cc(Cl)cc(Cl)c2)CC1. The van der Waals surface area contributed by atoms with Gasteiger partial charge in [0.05, 0.1) is 5.52 Å². The van der Waals surface area contributed by atoms with Gasteiger partial charge in [-0.1, -0.05) is 29.3 Å². The normalized spacial score (nSPS) is 15.4. The van der Waals surface area contributed by atoms with E-state index >= 15 is 0 Å². The molecule has 1 aromatic heterocycles. The second-order valence-electron chi connectivity index (χ2n) is 6.57. The quantitative estimate of drug-likeness (QED) is 0.637. The number of anilines is 2. The summed E-state index contributed by atoms with van der Waals surface area (Å²) in [4.78, 5) is 6.69. The molecule has 0 saturated carbocycles. The molecule has 0 spiro atoms. The minimum Gasteiger partial charge on any atom is -0.506 e. The van der Waals surface area contributed by atoms with Crippen molar-refractivity contribution in [1.82, 2.24) is 4.98 Å². The number of aromatic hydroxyl groups is 1. The zero-order valence-corrected chi connectivity index (χ0v) is 15.6. The van der Waals surface area contributed by atoms with Gasteiger partial charge in [-0.2, -0.15) is 0 Å². The molecule has 0 bridgehead atoms. The lowest BCUT2D eigenvalue weighted by Crippen LogP contribution is -2.39. The Morgan fingerprint density at radius 1 is 1.04 bits per heavy atom. The Labute approximate surface area is 162 Å². The van der Waals surface area contributed by atoms with Crippen LogP contribution < -0.4 is 10.2 Å². The highest BCUT2D eigenvalue weighted by Crippen LogP contribution is 2.36. The Balaban J connectivity index is 1.50. The van der Waals surface area contributed by atoms with E-state index in [0.717, 1.165) is 48.2 Å². The number of nitrogens with one attached hydrogen (secondary N) is 1. The smallest absolute Gasteiger partial charge is 0.141 e. The van der Waals surface area contributed by atoms with Crippen LogP contribution in [0, 0.1) is 0 Å². The molecule has 1 saturated heterocycles.